The van der Waals surface area contributed by atoms with E-state index >= 15 is 0 Å². The van der Waals surface area contributed by atoms with Gasteiger partial charge in [0.2, 0.25) is 0 Å². The van der Waals surface area contributed by atoms with Gasteiger partial charge in [-0.05, 0) is 24.5 Å². The Balaban J connectivity index is 1.76. The van der Waals surface area contributed by atoms with Gasteiger partial charge < -0.3 is 0 Å². The number of benzene rings is 2. The lowest BCUT2D eigenvalue weighted by Gasteiger charge is -2.41. The van der Waals surface area contributed by atoms with Crippen LogP contribution in [0, 0.1) is 0 Å². The summed E-state index contributed by atoms with van der Waals surface area (Å²) in [6, 6.07) is 20.4. The third-order valence-corrected chi connectivity index (χ3v) is 5.62. The van der Waals surface area contributed by atoms with Crippen LogP contribution >= 0.6 is 0 Å². The second-order valence-electron chi connectivity index (χ2n) is 7.06. The Labute approximate surface area is 143 Å². The second-order valence-corrected chi connectivity index (χ2v) is 7.06. The molecular formula is C21H24N3+. The van der Waals surface area contributed by atoms with E-state index in [1.165, 1.54) is 55.1 Å². The van der Waals surface area contributed by atoms with Crippen LogP contribution in [0.15, 0.2) is 54.6 Å². The lowest BCUT2D eigenvalue weighted by atomic mass is 9.92. The molecule has 0 aliphatic carbocycles. The van der Waals surface area contributed by atoms with Crippen LogP contribution in [0.5, 0.6) is 0 Å². The van der Waals surface area contributed by atoms with E-state index < -0.39 is 0 Å². The van der Waals surface area contributed by atoms with Gasteiger partial charge in [0.1, 0.15) is 11.7 Å². The fourth-order valence-corrected chi connectivity index (χ4v) is 4.62. The SMILES string of the molecule is c1ccc(C2c3ccccc3N3CCC[N+]4=C3N2CCCC4)cc1. The van der Waals surface area contributed by atoms with Crippen LogP contribution < -0.4 is 4.90 Å². The van der Waals surface area contributed by atoms with Crippen molar-refractivity contribution in [1.29, 1.82) is 0 Å². The average Bonchev–Trinajstić information content (AvgIpc) is 2.87. The number of rotatable bonds is 1. The van der Waals surface area contributed by atoms with Crippen molar-refractivity contribution in [3.05, 3.63) is 65.7 Å². The number of fused-ring (bicyclic) bond motifs is 2. The number of guanidine groups is 1. The second kappa shape index (κ2) is 5.66. The molecule has 0 amide bonds. The summed E-state index contributed by atoms with van der Waals surface area (Å²) in [5, 5.41) is 0. The number of para-hydroxylation sites is 1. The first-order valence-corrected chi connectivity index (χ1v) is 9.23. The van der Waals surface area contributed by atoms with E-state index in [0.29, 0.717) is 6.04 Å². The predicted octanol–water partition coefficient (Wildman–Crippen LogP) is 3.46. The van der Waals surface area contributed by atoms with Crippen LogP contribution in [0.1, 0.15) is 36.4 Å². The fraction of sp³-hybridized carbons (Fsp3) is 0.381. The summed E-state index contributed by atoms with van der Waals surface area (Å²) >= 11 is 0. The molecule has 3 heterocycles. The van der Waals surface area contributed by atoms with E-state index in [9.17, 15) is 0 Å². The minimum atomic E-state index is 0.340. The lowest BCUT2D eigenvalue weighted by molar-refractivity contribution is -0.536. The molecule has 2 aromatic carbocycles. The van der Waals surface area contributed by atoms with Gasteiger partial charge in [0.15, 0.2) is 0 Å². The Hall–Kier alpha value is -2.29. The Bertz CT molecular complexity index is 781. The largest absolute Gasteiger partial charge is 0.356 e. The quantitative estimate of drug-likeness (QED) is 0.745. The Morgan fingerprint density at radius 3 is 2.50 bits per heavy atom. The molecule has 1 unspecified atom stereocenters. The van der Waals surface area contributed by atoms with E-state index in [-0.39, 0.29) is 0 Å². The molecule has 0 bridgehead atoms. The normalized spacial score (nSPS) is 22.8. The van der Waals surface area contributed by atoms with Gasteiger partial charge in [-0.2, -0.15) is 0 Å². The average molecular weight is 318 g/mol. The van der Waals surface area contributed by atoms with Crippen molar-refractivity contribution >= 4 is 11.6 Å². The molecule has 1 atom stereocenters. The molecule has 0 radical (unpaired) electrons. The van der Waals surface area contributed by atoms with Crippen molar-refractivity contribution < 1.29 is 4.58 Å². The highest BCUT2D eigenvalue weighted by atomic mass is 15.5. The maximum atomic E-state index is 2.67. The first-order chi connectivity index (χ1) is 11.9. The lowest BCUT2D eigenvalue weighted by Crippen LogP contribution is -2.57. The van der Waals surface area contributed by atoms with Gasteiger partial charge in [-0.15, -0.1) is 0 Å². The van der Waals surface area contributed by atoms with E-state index in [4.69, 9.17) is 0 Å². The summed E-state index contributed by atoms with van der Waals surface area (Å²) in [5.74, 6) is 1.45. The molecule has 0 N–H and O–H groups in total. The summed E-state index contributed by atoms with van der Waals surface area (Å²) in [4.78, 5) is 5.24. The molecule has 3 aliphatic rings. The first-order valence-electron chi connectivity index (χ1n) is 9.23. The zero-order chi connectivity index (χ0) is 15.9. The van der Waals surface area contributed by atoms with E-state index in [1.807, 2.05) is 0 Å². The van der Waals surface area contributed by atoms with Crippen molar-refractivity contribution in [3.63, 3.8) is 0 Å². The van der Waals surface area contributed by atoms with Crippen molar-refractivity contribution in [3.8, 4) is 0 Å². The monoisotopic (exact) mass is 318 g/mol. The zero-order valence-electron chi connectivity index (χ0n) is 14.1. The van der Waals surface area contributed by atoms with E-state index in [1.54, 1.807) is 0 Å². The third kappa shape index (κ3) is 2.07. The summed E-state index contributed by atoms with van der Waals surface area (Å²) in [5.41, 5.74) is 4.27. The maximum absolute atomic E-state index is 2.67. The van der Waals surface area contributed by atoms with Crippen LogP contribution in [0.4, 0.5) is 5.69 Å². The van der Waals surface area contributed by atoms with Crippen LogP contribution in [-0.2, 0) is 0 Å². The van der Waals surface area contributed by atoms with Gasteiger partial charge in [0, 0.05) is 12.0 Å². The summed E-state index contributed by atoms with van der Waals surface area (Å²) in [6.07, 6.45) is 3.83. The Kier molecular flexibility index (Phi) is 3.32. The molecule has 122 valence electrons. The van der Waals surface area contributed by atoms with Crippen LogP contribution in [0.2, 0.25) is 0 Å². The van der Waals surface area contributed by atoms with Crippen molar-refractivity contribution in [2.24, 2.45) is 0 Å². The van der Waals surface area contributed by atoms with E-state index in [2.05, 4.69) is 69.0 Å². The highest BCUT2D eigenvalue weighted by Gasteiger charge is 2.45. The standard InChI is InChI=1S/C21H24N3/c1-2-9-17(10-3-1)20-18-11-4-5-12-19(18)23-16-8-14-22-13-6-7-15-24(20)21(22)23/h1-5,9-12,20H,6-8,13-16H2/q+1. The van der Waals surface area contributed by atoms with Gasteiger partial charge in [-0.1, -0.05) is 48.5 Å². The third-order valence-electron chi connectivity index (χ3n) is 5.62. The molecule has 24 heavy (non-hydrogen) atoms. The molecule has 3 aliphatic heterocycles. The highest BCUT2D eigenvalue weighted by molar-refractivity contribution is 5.97. The summed E-state index contributed by atoms with van der Waals surface area (Å²) < 4.78 is 2.63. The minimum absolute atomic E-state index is 0.340. The van der Waals surface area contributed by atoms with Crippen molar-refractivity contribution in [2.75, 3.05) is 31.1 Å². The molecule has 3 nitrogen and oxygen atoms in total. The van der Waals surface area contributed by atoms with Gasteiger partial charge in [0.25, 0.3) is 0 Å². The van der Waals surface area contributed by atoms with Crippen molar-refractivity contribution in [2.45, 2.75) is 25.3 Å². The molecule has 3 heteroatoms. The zero-order valence-corrected chi connectivity index (χ0v) is 14.1. The van der Waals surface area contributed by atoms with Gasteiger partial charge >= 0.3 is 5.96 Å². The molecular weight excluding hydrogens is 294 g/mol. The molecule has 0 aromatic heterocycles. The molecule has 5 rings (SSSR count). The first kappa shape index (κ1) is 14.1. The summed E-state index contributed by atoms with van der Waals surface area (Å²) in [6.45, 7) is 4.69. The number of hydrogen-bond acceptors (Lipinski definition) is 2. The molecule has 0 fully saturated rings. The number of anilines is 1. The predicted molar refractivity (Wildman–Crippen MR) is 97.6 cm³/mol. The smallest absolute Gasteiger partial charge is 0.264 e. The van der Waals surface area contributed by atoms with Gasteiger partial charge in [-0.3, -0.25) is 9.48 Å². The van der Waals surface area contributed by atoms with Crippen molar-refractivity contribution in [1.82, 2.24) is 4.90 Å². The Morgan fingerprint density at radius 1 is 0.792 bits per heavy atom. The fourth-order valence-electron chi connectivity index (χ4n) is 4.62. The number of hydrogen-bond donors (Lipinski definition) is 0. The molecule has 0 saturated heterocycles. The summed E-state index contributed by atoms with van der Waals surface area (Å²) in [7, 11) is 0. The van der Waals surface area contributed by atoms with E-state index in [0.717, 1.165) is 13.1 Å². The highest BCUT2D eigenvalue weighted by Crippen LogP contribution is 2.41. The van der Waals surface area contributed by atoms with Crippen LogP contribution in [0.3, 0.4) is 0 Å². The molecule has 0 spiro atoms. The van der Waals surface area contributed by atoms with Gasteiger partial charge in [0.05, 0.1) is 26.2 Å². The molecule has 2 aromatic rings. The topological polar surface area (TPSA) is 9.49 Å². The van der Waals surface area contributed by atoms with Crippen LogP contribution in [0.25, 0.3) is 0 Å². The minimum Gasteiger partial charge on any atom is -0.264 e. The van der Waals surface area contributed by atoms with Gasteiger partial charge in [-0.25, -0.2) is 4.90 Å². The van der Waals surface area contributed by atoms with Crippen LogP contribution in [-0.4, -0.2) is 41.6 Å². The number of nitrogens with zero attached hydrogens (tertiary/aromatic N) is 3. The Morgan fingerprint density at radius 2 is 1.58 bits per heavy atom. The maximum Gasteiger partial charge on any atom is 0.356 e. The molecule has 0 saturated carbocycles.